The first-order chi connectivity index (χ1) is 16.5. The minimum atomic E-state index is -0.496. The largest absolute Gasteiger partial charge is 0.493 e. The number of hydrogen-bond acceptors (Lipinski definition) is 6. The van der Waals surface area contributed by atoms with Gasteiger partial charge in [-0.25, -0.2) is 0 Å². The first-order valence-electron chi connectivity index (χ1n) is 10.5. The molecule has 0 fully saturated rings. The second-order valence-corrected chi connectivity index (χ2v) is 7.18. The summed E-state index contributed by atoms with van der Waals surface area (Å²) in [6.45, 7) is 0.188. The Morgan fingerprint density at radius 2 is 1.53 bits per heavy atom. The van der Waals surface area contributed by atoms with Crippen LogP contribution in [0.4, 0.5) is 5.69 Å². The fourth-order valence-corrected chi connectivity index (χ4v) is 3.30. The summed E-state index contributed by atoms with van der Waals surface area (Å²) in [4.78, 5) is 26.0. The van der Waals surface area contributed by atoms with E-state index in [4.69, 9.17) is 19.9 Å². The molecular weight excluding hydrogens is 434 g/mol. The maximum atomic E-state index is 13.1. The van der Waals surface area contributed by atoms with Gasteiger partial charge in [0.15, 0.2) is 11.5 Å². The normalized spacial score (nSPS) is 10.9. The van der Waals surface area contributed by atoms with E-state index < -0.39 is 11.8 Å². The number of ether oxygens (including phenoxy) is 3. The van der Waals surface area contributed by atoms with Gasteiger partial charge in [-0.1, -0.05) is 36.4 Å². The van der Waals surface area contributed by atoms with E-state index in [0.717, 1.165) is 5.56 Å². The summed E-state index contributed by atoms with van der Waals surface area (Å²) >= 11 is 0. The number of nitrogens with one attached hydrogen (secondary N) is 2. The summed E-state index contributed by atoms with van der Waals surface area (Å²) in [6.07, 6.45) is 1.52. The fourth-order valence-electron chi connectivity index (χ4n) is 3.30. The molecule has 0 aromatic heterocycles. The second-order valence-electron chi connectivity index (χ2n) is 7.18. The van der Waals surface area contributed by atoms with Crippen LogP contribution in [0.3, 0.4) is 0 Å². The van der Waals surface area contributed by atoms with E-state index in [2.05, 4.69) is 10.6 Å². The zero-order chi connectivity index (χ0) is 24.5. The van der Waals surface area contributed by atoms with E-state index in [1.165, 1.54) is 27.4 Å². The summed E-state index contributed by atoms with van der Waals surface area (Å²) in [6, 6.07) is 19.2. The van der Waals surface area contributed by atoms with E-state index in [9.17, 15) is 9.59 Å². The lowest BCUT2D eigenvalue weighted by Crippen LogP contribution is -2.34. The molecule has 3 aromatic carbocycles. The van der Waals surface area contributed by atoms with Crippen LogP contribution in [0, 0.1) is 0 Å². The molecule has 0 heterocycles. The third-order valence-corrected chi connectivity index (χ3v) is 5.06. The molecule has 3 aromatic rings. The number of benzene rings is 3. The monoisotopic (exact) mass is 461 g/mol. The quantitative estimate of drug-likeness (QED) is 0.333. The SMILES string of the molecule is COc1ccc(C=C(NC(=O)c2ccccc2)C(=O)NCc2ccccc2N)c(OC)c1OC. The van der Waals surface area contributed by atoms with Gasteiger partial charge in [0, 0.05) is 23.4 Å². The molecule has 2 amide bonds. The average molecular weight is 462 g/mol. The Bertz CT molecular complexity index is 1190. The molecule has 0 bridgehead atoms. The first-order valence-corrected chi connectivity index (χ1v) is 10.5. The summed E-state index contributed by atoms with van der Waals surface area (Å²) in [5, 5.41) is 5.51. The van der Waals surface area contributed by atoms with Gasteiger partial charge >= 0.3 is 0 Å². The fraction of sp³-hybridized carbons (Fsp3) is 0.154. The van der Waals surface area contributed by atoms with Crippen molar-refractivity contribution in [3.05, 3.63) is 89.1 Å². The van der Waals surface area contributed by atoms with E-state index in [0.29, 0.717) is 34.1 Å². The highest BCUT2D eigenvalue weighted by Crippen LogP contribution is 2.40. The van der Waals surface area contributed by atoms with Crippen LogP contribution in [0.15, 0.2) is 72.4 Å². The lowest BCUT2D eigenvalue weighted by Gasteiger charge is -2.16. The van der Waals surface area contributed by atoms with E-state index in [1.807, 2.05) is 18.2 Å². The van der Waals surface area contributed by atoms with Crippen molar-refractivity contribution in [2.75, 3.05) is 27.1 Å². The van der Waals surface area contributed by atoms with Crippen molar-refractivity contribution in [2.45, 2.75) is 6.54 Å². The molecule has 0 saturated carbocycles. The highest BCUT2D eigenvalue weighted by Gasteiger charge is 2.19. The molecule has 8 nitrogen and oxygen atoms in total. The standard InChI is InChI=1S/C26H27N3O5/c1-32-22-14-13-18(23(33-2)24(22)34-3)15-21(29-25(30)17-9-5-4-6-10-17)26(31)28-16-19-11-7-8-12-20(19)27/h4-15H,16,27H2,1-3H3,(H,28,31)(H,29,30). The van der Waals surface area contributed by atoms with Crippen molar-refractivity contribution in [1.82, 2.24) is 10.6 Å². The number of methoxy groups -OCH3 is 3. The molecule has 0 saturated heterocycles. The van der Waals surface area contributed by atoms with Gasteiger partial charge in [0.2, 0.25) is 5.75 Å². The molecule has 176 valence electrons. The van der Waals surface area contributed by atoms with Crippen molar-refractivity contribution in [3.63, 3.8) is 0 Å². The number of carbonyl (C=O) groups excluding carboxylic acids is 2. The summed E-state index contributed by atoms with van der Waals surface area (Å²) < 4.78 is 16.3. The van der Waals surface area contributed by atoms with Gasteiger partial charge in [-0.05, 0) is 42.0 Å². The number of nitrogens with two attached hydrogens (primary N) is 1. The van der Waals surface area contributed by atoms with E-state index in [-0.39, 0.29) is 12.2 Å². The van der Waals surface area contributed by atoms with E-state index >= 15 is 0 Å². The van der Waals surface area contributed by atoms with Crippen LogP contribution in [0.1, 0.15) is 21.5 Å². The van der Waals surface area contributed by atoms with Crippen LogP contribution in [0.2, 0.25) is 0 Å². The number of para-hydroxylation sites is 1. The Morgan fingerprint density at radius 3 is 2.18 bits per heavy atom. The number of hydrogen-bond donors (Lipinski definition) is 3. The zero-order valence-electron chi connectivity index (χ0n) is 19.3. The molecule has 0 radical (unpaired) electrons. The van der Waals surface area contributed by atoms with Crippen molar-refractivity contribution >= 4 is 23.6 Å². The molecule has 0 spiro atoms. The summed E-state index contributed by atoms with van der Waals surface area (Å²) in [5.74, 6) is 0.263. The number of amides is 2. The minimum Gasteiger partial charge on any atom is -0.493 e. The number of rotatable bonds is 9. The highest BCUT2D eigenvalue weighted by atomic mass is 16.5. The van der Waals surface area contributed by atoms with Gasteiger partial charge < -0.3 is 30.6 Å². The van der Waals surface area contributed by atoms with Crippen LogP contribution < -0.4 is 30.6 Å². The zero-order valence-corrected chi connectivity index (χ0v) is 19.3. The molecule has 3 rings (SSSR count). The molecule has 0 aliphatic rings. The lowest BCUT2D eigenvalue weighted by molar-refractivity contribution is -0.117. The van der Waals surface area contributed by atoms with Crippen LogP contribution in [-0.2, 0) is 11.3 Å². The van der Waals surface area contributed by atoms with Crippen LogP contribution in [-0.4, -0.2) is 33.1 Å². The topological polar surface area (TPSA) is 112 Å². The third-order valence-electron chi connectivity index (χ3n) is 5.06. The van der Waals surface area contributed by atoms with Gasteiger partial charge in [0.05, 0.1) is 21.3 Å². The summed E-state index contributed by atoms with van der Waals surface area (Å²) in [7, 11) is 4.49. The van der Waals surface area contributed by atoms with Gasteiger partial charge in [-0.15, -0.1) is 0 Å². The van der Waals surface area contributed by atoms with Gasteiger partial charge in [-0.3, -0.25) is 9.59 Å². The van der Waals surface area contributed by atoms with E-state index in [1.54, 1.807) is 48.5 Å². The molecule has 0 aliphatic carbocycles. The van der Waals surface area contributed by atoms with Crippen molar-refractivity contribution in [2.24, 2.45) is 0 Å². The van der Waals surface area contributed by atoms with Crippen LogP contribution in [0.25, 0.3) is 6.08 Å². The van der Waals surface area contributed by atoms with Gasteiger partial charge in [0.1, 0.15) is 5.70 Å². The Kier molecular flexibility index (Phi) is 8.12. The predicted molar refractivity (Wildman–Crippen MR) is 131 cm³/mol. The molecule has 0 unspecified atom stereocenters. The van der Waals surface area contributed by atoms with Crippen molar-refractivity contribution < 1.29 is 23.8 Å². The third kappa shape index (κ3) is 5.66. The Labute approximate surface area is 198 Å². The average Bonchev–Trinajstić information content (AvgIpc) is 2.87. The minimum absolute atomic E-state index is 0.0221. The molecule has 4 N–H and O–H groups in total. The predicted octanol–water partition coefficient (Wildman–Crippen LogP) is 3.38. The second kappa shape index (κ2) is 11.4. The molecule has 8 heteroatoms. The van der Waals surface area contributed by atoms with Gasteiger partial charge in [0.25, 0.3) is 11.8 Å². The molecular formula is C26H27N3O5. The number of carbonyl (C=O) groups is 2. The van der Waals surface area contributed by atoms with Crippen LogP contribution in [0.5, 0.6) is 17.2 Å². The Balaban J connectivity index is 1.97. The maximum Gasteiger partial charge on any atom is 0.268 e. The smallest absolute Gasteiger partial charge is 0.268 e. The number of anilines is 1. The Morgan fingerprint density at radius 1 is 0.853 bits per heavy atom. The molecule has 0 aliphatic heterocycles. The summed E-state index contributed by atoms with van der Waals surface area (Å²) in [5.41, 5.74) is 8.24. The highest BCUT2D eigenvalue weighted by molar-refractivity contribution is 6.05. The molecule has 34 heavy (non-hydrogen) atoms. The Hall–Kier alpha value is -4.46. The lowest BCUT2D eigenvalue weighted by atomic mass is 10.1. The van der Waals surface area contributed by atoms with Crippen molar-refractivity contribution in [3.8, 4) is 17.2 Å². The first kappa shape index (κ1) is 24.2. The van der Waals surface area contributed by atoms with Crippen molar-refractivity contribution in [1.29, 1.82) is 0 Å². The number of nitrogen functional groups attached to an aromatic ring is 1. The molecule has 0 atom stereocenters. The van der Waals surface area contributed by atoms with Crippen LogP contribution >= 0.6 is 0 Å². The maximum absolute atomic E-state index is 13.1. The van der Waals surface area contributed by atoms with Gasteiger partial charge in [-0.2, -0.15) is 0 Å².